The van der Waals surface area contributed by atoms with Crippen molar-refractivity contribution in [1.82, 2.24) is 0 Å². The molecule has 0 bridgehead atoms. The van der Waals surface area contributed by atoms with Gasteiger partial charge in [0.15, 0.2) is 0 Å². The summed E-state index contributed by atoms with van der Waals surface area (Å²) in [5.41, 5.74) is -0.226. The lowest BCUT2D eigenvalue weighted by Gasteiger charge is -2.12. The Labute approximate surface area is 93.6 Å². The zero-order valence-corrected chi connectivity index (χ0v) is 9.41. The van der Waals surface area contributed by atoms with Gasteiger partial charge in [0, 0.05) is 4.47 Å². The van der Waals surface area contributed by atoms with Gasteiger partial charge in [0.1, 0.15) is 0 Å². The second-order valence-electron chi connectivity index (χ2n) is 3.09. The minimum atomic E-state index is -4.41. The van der Waals surface area contributed by atoms with Crippen LogP contribution in [0.3, 0.4) is 0 Å². The molecule has 1 aromatic rings. The molecule has 15 heavy (non-hydrogen) atoms. The molecule has 80 valence electrons. The maximum atomic E-state index is 12.6. The SMILES string of the molecule is Cc1cc(C(F)(F)F)c(CC#N)cc1Br. The Balaban J connectivity index is 3.36. The van der Waals surface area contributed by atoms with Crippen molar-refractivity contribution in [3.8, 4) is 6.07 Å². The summed E-state index contributed by atoms with van der Waals surface area (Å²) in [5, 5.41) is 8.44. The predicted molar refractivity (Wildman–Crippen MR) is 53.2 cm³/mol. The summed E-state index contributed by atoms with van der Waals surface area (Å²) in [7, 11) is 0. The summed E-state index contributed by atoms with van der Waals surface area (Å²) in [6, 6.07) is 4.12. The fourth-order valence-electron chi connectivity index (χ4n) is 1.22. The molecule has 0 fully saturated rings. The first-order valence-corrected chi connectivity index (χ1v) is 4.88. The number of halogens is 4. The van der Waals surface area contributed by atoms with E-state index in [4.69, 9.17) is 5.26 Å². The van der Waals surface area contributed by atoms with E-state index in [1.807, 2.05) is 0 Å². The highest BCUT2D eigenvalue weighted by atomic mass is 79.9. The lowest BCUT2D eigenvalue weighted by Crippen LogP contribution is -2.09. The van der Waals surface area contributed by atoms with Crippen molar-refractivity contribution in [1.29, 1.82) is 5.26 Å². The van der Waals surface area contributed by atoms with Crippen LogP contribution in [0, 0.1) is 18.3 Å². The standard InChI is InChI=1S/C10H7BrF3N/c1-6-4-8(10(12,13)14)7(2-3-15)5-9(6)11/h4-5H,2H2,1H3. The Bertz CT molecular complexity index is 418. The summed E-state index contributed by atoms with van der Waals surface area (Å²) in [5.74, 6) is 0. The number of nitrogens with zero attached hydrogens (tertiary/aromatic N) is 1. The molecule has 0 saturated heterocycles. The molecule has 0 saturated carbocycles. The maximum absolute atomic E-state index is 12.6. The van der Waals surface area contributed by atoms with Gasteiger partial charge in [-0.05, 0) is 30.2 Å². The molecule has 0 spiro atoms. The fourth-order valence-corrected chi connectivity index (χ4v) is 1.61. The van der Waals surface area contributed by atoms with Crippen molar-refractivity contribution < 1.29 is 13.2 Å². The minimum Gasteiger partial charge on any atom is -0.198 e. The maximum Gasteiger partial charge on any atom is 0.416 e. The Morgan fingerprint density at radius 3 is 2.47 bits per heavy atom. The van der Waals surface area contributed by atoms with E-state index in [1.54, 1.807) is 13.0 Å². The van der Waals surface area contributed by atoms with Gasteiger partial charge in [-0.15, -0.1) is 0 Å². The lowest BCUT2D eigenvalue weighted by molar-refractivity contribution is -0.138. The topological polar surface area (TPSA) is 23.8 Å². The monoisotopic (exact) mass is 277 g/mol. The van der Waals surface area contributed by atoms with Crippen LogP contribution in [0.1, 0.15) is 16.7 Å². The molecule has 0 atom stereocenters. The van der Waals surface area contributed by atoms with Gasteiger partial charge in [-0.1, -0.05) is 15.9 Å². The Kier molecular flexibility index (Phi) is 3.40. The Morgan fingerprint density at radius 2 is 2.00 bits per heavy atom. The van der Waals surface area contributed by atoms with E-state index in [0.717, 1.165) is 6.07 Å². The molecule has 0 unspecified atom stereocenters. The molecule has 0 aliphatic carbocycles. The minimum absolute atomic E-state index is 0.00229. The van der Waals surface area contributed by atoms with Crippen LogP contribution in [-0.2, 0) is 12.6 Å². The van der Waals surface area contributed by atoms with Gasteiger partial charge in [0.25, 0.3) is 0 Å². The number of aryl methyl sites for hydroxylation is 1. The van der Waals surface area contributed by atoms with Gasteiger partial charge in [-0.3, -0.25) is 0 Å². The van der Waals surface area contributed by atoms with E-state index in [9.17, 15) is 13.2 Å². The molecule has 0 heterocycles. The van der Waals surface area contributed by atoms with Gasteiger partial charge < -0.3 is 0 Å². The van der Waals surface area contributed by atoms with Crippen molar-refractivity contribution in [2.24, 2.45) is 0 Å². The third-order valence-electron chi connectivity index (χ3n) is 1.96. The van der Waals surface area contributed by atoms with Crippen LogP contribution < -0.4 is 0 Å². The summed E-state index contributed by atoms with van der Waals surface area (Å²) < 4.78 is 38.3. The van der Waals surface area contributed by atoms with Crippen molar-refractivity contribution in [3.63, 3.8) is 0 Å². The zero-order valence-electron chi connectivity index (χ0n) is 7.82. The third kappa shape index (κ3) is 2.72. The quantitative estimate of drug-likeness (QED) is 0.765. The van der Waals surface area contributed by atoms with E-state index in [-0.39, 0.29) is 12.0 Å². The van der Waals surface area contributed by atoms with E-state index >= 15 is 0 Å². The van der Waals surface area contributed by atoms with Gasteiger partial charge in [0.05, 0.1) is 18.1 Å². The van der Waals surface area contributed by atoms with Crippen LogP contribution in [-0.4, -0.2) is 0 Å². The van der Waals surface area contributed by atoms with Crippen LogP contribution >= 0.6 is 15.9 Å². The molecule has 1 aromatic carbocycles. The van der Waals surface area contributed by atoms with E-state index < -0.39 is 11.7 Å². The first-order valence-electron chi connectivity index (χ1n) is 4.09. The van der Waals surface area contributed by atoms with Crippen LogP contribution in [0.5, 0.6) is 0 Å². The molecule has 5 heteroatoms. The smallest absolute Gasteiger partial charge is 0.198 e. The highest BCUT2D eigenvalue weighted by Crippen LogP contribution is 2.35. The second kappa shape index (κ2) is 4.23. The van der Waals surface area contributed by atoms with Gasteiger partial charge in [-0.2, -0.15) is 18.4 Å². The van der Waals surface area contributed by atoms with Crippen LogP contribution in [0.15, 0.2) is 16.6 Å². The molecule has 1 rings (SSSR count). The number of nitriles is 1. The number of hydrogen-bond donors (Lipinski definition) is 0. The average Bonchev–Trinajstić information content (AvgIpc) is 2.09. The first kappa shape index (κ1) is 12.1. The molecule has 0 aromatic heterocycles. The summed E-state index contributed by atoms with van der Waals surface area (Å²) >= 11 is 3.14. The van der Waals surface area contributed by atoms with E-state index in [0.29, 0.717) is 10.0 Å². The molecule has 0 N–H and O–H groups in total. The Hall–Kier alpha value is -1.02. The van der Waals surface area contributed by atoms with Crippen molar-refractivity contribution in [3.05, 3.63) is 33.3 Å². The predicted octanol–water partition coefficient (Wildman–Crippen LogP) is 3.84. The molecule has 0 amide bonds. The number of alkyl halides is 3. The van der Waals surface area contributed by atoms with Crippen LogP contribution in [0.4, 0.5) is 13.2 Å². The molecule has 0 aliphatic heterocycles. The van der Waals surface area contributed by atoms with Gasteiger partial charge >= 0.3 is 6.18 Å². The van der Waals surface area contributed by atoms with E-state index in [2.05, 4.69) is 15.9 Å². The first-order chi connectivity index (χ1) is 6.86. The molecule has 0 aliphatic rings. The van der Waals surface area contributed by atoms with Crippen LogP contribution in [0.2, 0.25) is 0 Å². The molecule has 0 radical (unpaired) electrons. The number of rotatable bonds is 1. The van der Waals surface area contributed by atoms with Crippen molar-refractivity contribution >= 4 is 15.9 Å². The average molecular weight is 278 g/mol. The molecular weight excluding hydrogens is 271 g/mol. The zero-order chi connectivity index (χ0) is 11.6. The number of hydrogen-bond acceptors (Lipinski definition) is 1. The largest absolute Gasteiger partial charge is 0.416 e. The summed E-state index contributed by atoms with van der Waals surface area (Å²) in [6.07, 6.45) is -4.65. The fraction of sp³-hybridized carbons (Fsp3) is 0.300. The van der Waals surface area contributed by atoms with Crippen molar-refractivity contribution in [2.75, 3.05) is 0 Å². The third-order valence-corrected chi connectivity index (χ3v) is 2.81. The lowest BCUT2D eigenvalue weighted by atomic mass is 10.0. The highest BCUT2D eigenvalue weighted by Gasteiger charge is 2.33. The van der Waals surface area contributed by atoms with Gasteiger partial charge in [0.2, 0.25) is 0 Å². The van der Waals surface area contributed by atoms with Crippen molar-refractivity contribution in [2.45, 2.75) is 19.5 Å². The number of benzene rings is 1. The van der Waals surface area contributed by atoms with Gasteiger partial charge in [-0.25, -0.2) is 0 Å². The summed E-state index contributed by atoms with van der Waals surface area (Å²) in [6.45, 7) is 1.58. The summed E-state index contributed by atoms with van der Waals surface area (Å²) in [4.78, 5) is 0. The molecular formula is C10H7BrF3N. The second-order valence-corrected chi connectivity index (χ2v) is 3.95. The molecule has 1 nitrogen and oxygen atoms in total. The van der Waals surface area contributed by atoms with Crippen LogP contribution in [0.25, 0.3) is 0 Å². The normalized spacial score (nSPS) is 11.2. The highest BCUT2D eigenvalue weighted by molar-refractivity contribution is 9.10. The Morgan fingerprint density at radius 1 is 1.40 bits per heavy atom. The van der Waals surface area contributed by atoms with E-state index in [1.165, 1.54) is 6.07 Å².